The summed E-state index contributed by atoms with van der Waals surface area (Å²) in [5.41, 5.74) is 6.76. The lowest BCUT2D eigenvalue weighted by atomic mass is 9.91. The van der Waals surface area contributed by atoms with Crippen molar-refractivity contribution < 1.29 is 9.59 Å². The third kappa shape index (κ3) is 6.72. The van der Waals surface area contributed by atoms with Gasteiger partial charge in [-0.1, -0.05) is 88.7 Å². The zero-order valence-corrected chi connectivity index (χ0v) is 29.0. The van der Waals surface area contributed by atoms with Crippen molar-refractivity contribution in [2.45, 2.75) is 38.0 Å². The van der Waals surface area contributed by atoms with E-state index in [0.29, 0.717) is 12.1 Å². The Kier molecular flexibility index (Phi) is 9.41. The first-order valence-corrected chi connectivity index (χ1v) is 17.7. The molecule has 2 fully saturated rings. The van der Waals surface area contributed by atoms with Crippen LogP contribution in [0.15, 0.2) is 106 Å². The van der Waals surface area contributed by atoms with Crippen LogP contribution in [-0.4, -0.2) is 82.8 Å². The van der Waals surface area contributed by atoms with Gasteiger partial charge in [0.1, 0.15) is 0 Å². The fourth-order valence-corrected chi connectivity index (χ4v) is 8.40. The van der Waals surface area contributed by atoms with Crippen molar-refractivity contribution in [1.29, 1.82) is 0 Å². The number of hydrogen-bond donors (Lipinski definition) is 0. The number of fused-ring (bicyclic) bond motifs is 4. The predicted octanol–water partition coefficient (Wildman–Crippen LogP) is 6.66. The first-order chi connectivity index (χ1) is 22.4. The van der Waals surface area contributed by atoms with Gasteiger partial charge in [-0.2, -0.15) is 0 Å². The molecule has 0 N–H and O–H groups in total. The molecule has 0 aliphatic carbocycles. The monoisotopic (exact) mass is 740 g/mol. The summed E-state index contributed by atoms with van der Waals surface area (Å²) in [4.78, 5) is 34.6. The van der Waals surface area contributed by atoms with Gasteiger partial charge < -0.3 is 9.80 Å². The molecule has 0 bridgehead atoms. The smallest absolute Gasteiger partial charge is 0.255 e. The molecule has 8 rings (SSSR count). The van der Waals surface area contributed by atoms with E-state index in [2.05, 4.69) is 124 Å². The fraction of sp³-hybridized carbons (Fsp3) is 0.316. The van der Waals surface area contributed by atoms with Gasteiger partial charge in [-0.15, -0.1) is 0 Å². The van der Waals surface area contributed by atoms with Crippen LogP contribution < -0.4 is 0 Å². The summed E-state index contributed by atoms with van der Waals surface area (Å²) in [5, 5.41) is 0. The summed E-state index contributed by atoms with van der Waals surface area (Å²) in [6.07, 6.45) is 1.90. The largest absolute Gasteiger partial charge is 0.333 e. The summed E-state index contributed by atoms with van der Waals surface area (Å²) in [5.74, 6) is 0.381. The second kappa shape index (κ2) is 13.8. The Morgan fingerprint density at radius 2 is 1.15 bits per heavy atom. The minimum absolute atomic E-state index is 0.183. The molecule has 6 nitrogen and oxygen atoms in total. The number of carbonyl (C=O) groups is 2. The number of rotatable bonds is 4. The van der Waals surface area contributed by atoms with Crippen molar-refractivity contribution in [2.24, 2.45) is 0 Å². The molecular formula is C38H38Br2N4O2. The summed E-state index contributed by atoms with van der Waals surface area (Å²) in [6, 6.07) is 33.8. The van der Waals surface area contributed by atoms with Gasteiger partial charge in [-0.25, -0.2) is 0 Å². The highest BCUT2D eigenvalue weighted by Crippen LogP contribution is 2.32. The van der Waals surface area contributed by atoms with Gasteiger partial charge in [-0.05, 0) is 75.3 Å². The topological polar surface area (TPSA) is 47.1 Å². The number of amides is 2. The van der Waals surface area contributed by atoms with Gasteiger partial charge in [0.2, 0.25) is 0 Å². The molecule has 0 spiro atoms. The normalized spacial score (nSPS) is 21.0. The van der Waals surface area contributed by atoms with E-state index >= 15 is 0 Å². The van der Waals surface area contributed by atoms with E-state index in [1.54, 1.807) is 0 Å². The second-order valence-corrected chi connectivity index (χ2v) is 14.5. The van der Waals surface area contributed by atoms with Gasteiger partial charge in [0.25, 0.3) is 11.8 Å². The molecule has 2 saturated heterocycles. The van der Waals surface area contributed by atoms with Crippen LogP contribution in [0, 0.1) is 0 Å². The Balaban J connectivity index is 0.000000147. The molecule has 8 heteroatoms. The number of carbonyl (C=O) groups excluding carboxylic acids is 2. The number of hydrogen-bond acceptors (Lipinski definition) is 4. The van der Waals surface area contributed by atoms with Crippen molar-refractivity contribution in [3.63, 3.8) is 0 Å². The molecule has 4 aromatic carbocycles. The molecule has 236 valence electrons. The van der Waals surface area contributed by atoms with Crippen LogP contribution in [0.1, 0.15) is 43.0 Å². The summed E-state index contributed by atoms with van der Waals surface area (Å²) < 4.78 is 1.97. The molecule has 4 aliphatic heterocycles. The number of piperazine rings is 2. The summed E-state index contributed by atoms with van der Waals surface area (Å²) >= 11 is 7.06. The van der Waals surface area contributed by atoms with E-state index < -0.39 is 0 Å². The van der Waals surface area contributed by atoms with Gasteiger partial charge in [0.05, 0.1) is 5.56 Å². The fourth-order valence-electron chi connectivity index (χ4n) is 7.42. The minimum Gasteiger partial charge on any atom is -0.333 e. The van der Waals surface area contributed by atoms with Crippen molar-refractivity contribution in [1.82, 2.24) is 19.6 Å². The average molecular weight is 743 g/mol. The Hall–Kier alpha value is -3.30. The molecule has 46 heavy (non-hydrogen) atoms. The molecule has 0 aromatic heterocycles. The lowest BCUT2D eigenvalue weighted by Gasteiger charge is -2.44. The first-order valence-electron chi connectivity index (χ1n) is 16.1. The molecular weight excluding hydrogens is 704 g/mol. The Morgan fingerprint density at radius 3 is 1.76 bits per heavy atom. The molecule has 2 amide bonds. The van der Waals surface area contributed by atoms with Crippen molar-refractivity contribution in [2.75, 3.05) is 39.3 Å². The van der Waals surface area contributed by atoms with E-state index in [1.807, 2.05) is 24.3 Å². The SMILES string of the molecule is O=C1c2c(Br)cccc2C[C@@H]2CN(Cc3ccccc3)CCN12.O=C1c2ccc(Br)cc2C[C@@H]2CN(Cc3ccccc3)CCN12. The number of halogens is 2. The zero-order chi connectivity index (χ0) is 31.6. The molecule has 2 atom stereocenters. The number of nitrogens with zero attached hydrogens (tertiary/aromatic N) is 4. The van der Waals surface area contributed by atoms with Crippen molar-refractivity contribution in [3.8, 4) is 0 Å². The quantitative estimate of drug-likeness (QED) is 0.235. The lowest BCUT2D eigenvalue weighted by molar-refractivity contribution is 0.0395. The van der Waals surface area contributed by atoms with Gasteiger partial charge in [0.15, 0.2) is 0 Å². The van der Waals surface area contributed by atoms with E-state index in [-0.39, 0.29) is 11.8 Å². The highest BCUT2D eigenvalue weighted by Gasteiger charge is 2.38. The van der Waals surface area contributed by atoms with E-state index in [4.69, 9.17) is 0 Å². The van der Waals surface area contributed by atoms with E-state index in [1.165, 1.54) is 22.3 Å². The molecule has 0 unspecified atom stereocenters. The first kappa shape index (κ1) is 31.3. The number of benzene rings is 4. The van der Waals surface area contributed by atoms with Gasteiger partial charge in [0, 0.05) is 79.0 Å². The van der Waals surface area contributed by atoms with Crippen molar-refractivity contribution >= 4 is 43.7 Å². The van der Waals surface area contributed by atoms with Gasteiger partial charge >= 0.3 is 0 Å². The van der Waals surface area contributed by atoms with Crippen LogP contribution in [0.4, 0.5) is 0 Å². The molecule has 4 aromatic rings. The van der Waals surface area contributed by atoms with Crippen LogP contribution in [-0.2, 0) is 25.9 Å². The summed E-state index contributed by atoms with van der Waals surface area (Å²) in [6.45, 7) is 7.36. The standard InChI is InChI=1S/2C19H19BrN2O/c20-17-8-4-7-15-11-16-13-21(12-14-5-2-1-3-6-14)9-10-22(16)19(23)18(15)17;20-16-6-7-18-15(10-16)11-17-13-21(8-9-22(17)19(18)23)12-14-4-2-1-3-5-14/h1-8,16H,9-13H2;1-7,10,17H,8-9,11-13H2/t16-;17-/m11/s1. The average Bonchev–Trinajstić information content (AvgIpc) is 3.06. The molecule has 4 aliphatic rings. The van der Waals surface area contributed by atoms with Gasteiger partial charge in [-0.3, -0.25) is 19.4 Å². The highest BCUT2D eigenvalue weighted by atomic mass is 79.9. The van der Waals surface area contributed by atoms with Crippen LogP contribution in [0.5, 0.6) is 0 Å². The Labute approximate surface area is 288 Å². The maximum Gasteiger partial charge on any atom is 0.255 e. The second-order valence-electron chi connectivity index (χ2n) is 12.7. The molecule has 4 heterocycles. The maximum atomic E-state index is 12.8. The van der Waals surface area contributed by atoms with Crippen LogP contribution in [0.2, 0.25) is 0 Å². The third-order valence-electron chi connectivity index (χ3n) is 9.68. The van der Waals surface area contributed by atoms with Crippen LogP contribution in [0.3, 0.4) is 0 Å². The minimum atomic E-state index is 0.183. The van der Waals surface area contributed by atoms with Crippen molar-refractivity contribution in [3.05, 3.63) is 139 Å². The van der Waals surface area contributed by atoms with E-state index in [9.17, 15) is 9.59 Å². The summed E-state index contributed by atoms with van der Waals surface area (Å²) in [7, 11) is 0. The molecule has 0 radical (unpaired) electrons. The Morgan fingerprint density at radius 1 is 0.587 bits per heavy atom. The van der Waals surface area contributed by atoms with Crippen LogP contribution in [0.25, 0.3) is 0 Å². The predicted molar refractivity (Wildman–Crippen MR) is 189 cm³/mol. The van der Waals surface area contributed by atoms with E-state index in [0.717, 1.165) is 85.3 Å². The third-order valence-corrected chi connectivity index (χ3v) is 10.8. The zero-order valence-electron chi connectivity index (χ0n) is 25.8. The lowest BCUT2D eigenvalue weighted by Crippen LogP contribution is -2.57. The van der Waals surface area contributed by atoms with Crippen LogP contribution >= 0.6 is 31.9 Å². The maximum absolute atomic E-state index is 12.8. The molecule has 0 saturated carbocycles. The Bertz CT molecular complexity index is 1670. The highest BCUT2D eigenvalue weighted by molar-refractivity contribution is 9.10.